The van der Waals surface area contributed by atoms with E-state index in [9.17, 15) is 9.59 Å². The summed E-state index contributed by atoms with van der Waals surface area (Å²) in [7, 11) is 3.14. The van der Waals surface area contributed by atoms with Crippen molar-refractivity contribution in [1.29, 1.82) is 0 Å². The van der Waals surface area contributed by atoms with Gasteiger partial charge in [-0.05, 0) is 25.7 Å². The summed E-state index contributed by atoms with van der Waals surface area (Å²) in [6, 6.07) is 4.95. The topological polar surface area (TPSA) is 93.9 Å². The van der Waals surface area contributed by atoms with Crippen LogP contribution in [0.15, 0.2) is 18.2 Å². The number of ether oxygens (including phenoxy) is 2. The van der Waals surface area contributed by atoms with E-state index in [1.54, 1.807) is 37.3 Å². The molecular weight excluding hydrogens is 322 g/mol. The Kier molecular flexibility index (Phi) is 5.13. The Labute approximate surface area is 147 Å². The molecule has 1 aliphatic carbocycles. The number of nitrogens with zero attached hydrogens (tertiary/aromatic N) is 1. The number of nitrogens with two attached hydrogens (primary N) is 1. The highest BCUT2D eigenvalue weighted by Crippen LogP contribution is 2.31. The lowest BCUT2D eigenvalue weighted by Crippen LogP contribution is -2.43. The van der Waals surface area contributed by atoms with E-state index in [2.05, 4.69) is 5.32 Å². The largest absolute Gasteiger partial charge is 0.497 e. The third kappa shape index (κ3) is 3.71. The average Bonchev–Trinajstić information content (AvgIpc) is 3.21. The van der Waals surface area contributed by atoms with E-state index in [0.717, 1.165) is 12.8 Å². The Morgan fingerprint density at radius 2 is 1.84 bits per heavy atom. The lowest BCUT2D eigenvalue weighted by Gasteiger charge is -2.19. The predicted molar refractivity (Wildman–Crippen MR) is 93.8 cm³/mol. The van der Waals surface area contributed by atoms with Crippen LogP contribution in [0.1, 0.15) is 25.7 Å². The maximum absolute atomic E-state index is 12.7. The van der Waals surface area contributed by atoms with E-state index < -0.39 is 6.04 Å². The Morgan fingerprint density at radius 1 is 1.16 bits per heavy atom. The fraction of sp³-hybridized carbons (Fsp3) is 0.556. The summed E-state index contributed by atoms with van der Waals surface area (Å²) >= 11 is 0. The Hall–Kier alpha value is -2.28. The van der Waals surface area contributed by atoms with Gasteiger partial charge < -0.3 is 25.4 Å². The first-order chi connectivity index (χ1) is 12.0. The molecule has 136 valence electrons. The summed E-state index contributed by atoms with van der Waals surface area (Å²) in [6.07, 6.45) is 2.95. The van der Waals surface area contributed by atoms with Gasteiger partial charge in [0.25, 0.3) is 0 Å². The summed E-state index contributed by atoms with van der Waals surface area (Å²) in [5.74, 6) is 1.00. The van der Waals surface area contributed by atoms with Gasteiger partial charge in [-0.15, -0.1) is 0 Å². The van der Waals surface area contributed by atoms with Gasteiger partial charge in [0.15, 0.2) is 0 Å². The molecule has 1 aliphatic heterocycles. The van der Waals surface area contributed by atoms with E-state index in [-0.39, 0.29) is 23.8 Å². The van der Waals surface area contributed by atoms with E-state index in [1.165, 1.54) is 0 Å². The highest BCUT2D eigenvalue weighted by Gasteiger charge is 2.36. The Morgan fingerprint density at radius 3 is 2.40 bits per heavy atom. The molecule has 0 bridgehead atoms. The molecular formula is C18H25N3O4. The summed E-state index contributed by atoms with van der Waals surface area (Å²) in [5, 5.41) is 2.90. The maximum atomic E-state index is 12.7. The first-order valence-corrected chi connectivity index (χ1v) is 8.62. The van der Waals surface area contributed by atoms with Gasteiger partial charge in [-0.3, -0.25) is 9.59 Å². The van der Waals surface area contributed by atoms with Crippen LogP contribution in [0.25, 0.3) is 0 Å². The van der Waals surface area contributed by atoms with Crippen molar-refractivity contribution < 1.29 is 19.1 Å². The molecule has 3 unspecified atom stereocenters. The van der Waals surface area contributed by atoms with Crippen molar-refractivity contribution in [2.24, 2.45) is 11.7 Å². The molecule has 1 aromatic rings. The van der Waals surface area contributed by atoms with Crippen molar-refractivity contribution in [1.82, 2.24) is 5.32 Å². The minimum atomic E-state index is -0.485. The molecule has 7 heteroatoms. The van der Waals surface area contributed by atoms with Crippen LogP contribution in [0.4, 0.5) is 5.69 Å². The molecule has 2 aliphatic rings. The highest BCUT2D eigenvalue weighted by atomic mass is 16.5. The fourth-order valence-electron chi connectivity index (χ4n) is 3.56. The van der Waals surface area contributed by atoms with Crippen LogP contribution in [0.2, 0.25) is 0 Å². The third-order valence-electron chi connectivity index (χ3n) is 5.01. The number of methoxy groups -OCH3 is 2. The molecule has 0 spiro atoms. The molecule has 3 atom stereocenters. The van der Waals surface area contributed by atoms with Crippen LogP contribution < -0.4 is 25.4 Å². The van der Waals surface area contributed by atoms with Crippen molar-refractivity contribution in [3.8, 4) is 11.5 Å². The molecule has 3 rings (SSSR count). The van der Waals surface area contributed by atoms with E-state index in [0.29, 0.717) is 36.6 Å². The van der Waals surface area contributed by atoms with E-state index >= 15 is 0 Å². The molecule has 3 N–H and O–H groups in total. The zero-order valence-electron chi connectivity index (χ0n) is 14.7. The van der Waals surface area contributed by atoms with Gasteiger partial charge >= 0.3 is 0 Å². The highest BCUT2D eigenvalue weighted by molar-refractivity contribution is 6.01. The van der Waals surface area contributed by atoms with Crippen molar-refractivity contribution in [2.45, 2.75) is 37.8 Å². The first-order valence-electron chi connectivity index (χ1n) is 8.62. The van der Waals surface area contributed by atoms with Crippen LogP contribution >= 0.6 is 0 Å². The number of hydrogen-bond donors (Lipinski definition) is 2. The molecule has 0 aromatic heterocycles. The lowest BCUT2D eigenvalue weighted by atomic mass is 10.1. The minimum absolute atomic E-state index is 0.0589. The SMILES string of the molecule is COc1cc(OC)cc(N2CCC(NC(=O)C3CCC(N)C3)C2=O)c1. The number of nitrogens with one attached hydrogen (secondary N) is 1. The van der Waals surface area contributed by atoms with Crippen LogP contribution in [0, 0.1) is 5.92 Å². The summed E-state index contributed by atoms with van der Waals surface area (Å²) in [6.45, 7) is 0.546. The molecule has 1 aromatic carbocycles. The van der Waals surface area contributed by atoms with Crippen LogP contribution in [-0.4, -0.2) is 44.7 Å². The smallest absolute Gasteiger partial charge is 0.249 e. The van der Waals surface area contributed by atoms with Gasteiger partial charge in [0, 0.05) is 36.7 Å². The number of rotatable bonds is 5. The second-order valence-electron chi connectivity index (χ2n) is 6.68. The summed E-state index contributed by atoms with van der Waals surface area (Å²) in [5.41, 5.74) is 6.58. The summed E-state index contributed by atoms with van der Waals surface area (Å²) in [4.78, 5) is 26.7. The number of carbonyl (C=O) groups is 2. The fourth-order valence-corrected chi connectivity index (χ4v) is 3.56. The molecule has 1 heterocycles. The molecule has 0 radical (unpaired) electrons. The number of carbonyl (C=O) groups excluding carboxylic acids is 2. The molecule has 2 amide bonds. The maximum Gasteiger partial charge on any atom is 0.249 e. The second kappa shape index (κ2) is 7.31. The van der Waals surface area contributed by atoms with Crippen LogP contribution in [-0.2, 0) is 9.59 Å². The monoisotopic (exact) mass is 347 g/mol. The standard InChI is InChI=1S/C18H25N3O4/c1-24-14-8-13(9-15(10-14)25-2)21-6-5-16(18(21)23)20-17(22)11-3-4-12(19)7-11/h8-12,16H,3-7,19H2,1-2H3,(H,20,22). The Bertz CT molecular complexity index is 641. The number of anilines is 1. The number of hydrogen-bond acceptors (Lipinski definition) is 5. The lowest BCUT2D eigenvalue weighted by molar-refractivity contribution is -0.129. The molecule has 2 fully saturated rings. The quantitative estimate of drug-likeness (QED) is 0.830. The number of benzene rings is 1. The minimum Gasteiger partial charge on any atom is -0.497 e. The van der Waals surface area contributed by atoms with Crippen molar-refractivity contribution in [3.63, 3.8) is 0 Å². The molecule has 1 saturated carbocycles. The van der Waals surface area contributed by atoms with E-state index in [4.69, 9.17) is 15.2 Å². The van der Waals surface area contributed by atoms with Gasteiger partial charge in [0.05, 0.1) is 19.9 Å². The third-order valence-corrected chi connectivity index (χ3v) is 5.01. The van der Waals surface area contributed by atoms with Crippen molar-refractivity contribution in [2.75, 3.05) is 25.7 Å². The van der Waals surface area contributed by atoms with Crippen LogP contribution in [0.5, 0.6) is 11.5 Å². The first kappa shape index (κ1) is 17.5. The zero-order chi connectivity index (χ0) is 18.0. The van der Waals surface area contributed by atoms with E-state index in [1.807, 2.05) is 0 Å². The van der Waals surface area contributed by atoms with Gasteiger partial charge in [0.2, 0.25) is 11.8 Å². The second-order valence-corrected chi connectivity index (χ2v) is 6.68. The Balaban J connectivity index is 1.68. The number of amides is 2. The van der Waals surface area contributed by atoms with Gasteiger partial charge in [-0.2, -0.15) is 0 Å². The zero-order valence-corrected chi connectivity index (χ0v) is 14.7. The van der Waals surface area contributed by atoms with Crippen LogP contribution in [0.3, 0.4) is 0 Å². The van der Waals surface area contributed by atoms with Crippen molar-refractivity contribution >= 4 is 17.5 Å². The molecule has 1 saturated heterocycles. The summed E-state index contributed by atoms with van der Waals surface area (Å²) < 4.78 is 10.5. The van der Waals surface area contributed by atoms with Gasteiger partial charge in [-0.1, -0.05) is 0 Å². The average molecular weight is 347 g/mol. The predicted octanol–water partition coefficient (Wildman–Crippen LogP) is 1.05. The van der Waals surface area contributed by atoms with Gasteiger partial charge in [0.1, 0.15) is 17.5 Å². The van der Waals surface area contributed by atoms with Crippen molar-refractivity contribution in [3.05, 3.63) is 18.2 Å². The normalized spacial score (nSPS) is 26.0. The van der Waals surface area contributed by atoms with Gasteiger partial charge in [-0.25, -0.2) is 0 Å². The molecule has 7 nitrogen and oxygen atoms in total. The molecule has 25 heavy (non-hydrogen) atoms.